The minimum atomic E-state index is -0.796. The second kappa shape index (κ2) is 3.84. The first-order valence-electron chi connectivity index (χ1n) is 7.05. The van der Waals surface area contributed by atoms with Crippen molar-refractivity contribution in [1.82, 2.24) is 4.98 Å². The fraction of sp³-hybridized carbons (Fsp3) is 0.533. The van der Waals surface area contributed by atoms with Crippen molar-refractivity contribution in [2.24, 2.45) is 10.8 Å². The largest absolute Gasteiger partial charge is 0.373 e. The first-order valence-corrected chi connectivity index (χ1v) is 7.43. The molecule has 110 valence electrons. The van der Waals surface area contributed by atoms with Crippen LogP contribution in [0.4, 0.5) is 5.69 Å². The highest BCUT2D eigenvalue weighted by Crippen LogP contribution is 2.64. The number of rotatable bonds is 1. The Labute approximate surface area is 127 Å². The van der Waals surface area contributed by atoms with E-state index in [-0.39, 0.29) is 24.0 Å². The molecule has 3 aliphatic rings. The number of fused-ring (bicyclic) bond motifs is 5. The third-order valence-electron chi connectivity index (χ3n) is 5.63. The van der Waals surface area contributed by atoms with Gasteiger partial charge < -0.3 is 4.74 Å². The zero-order valence-corrected chi connectivity index (χ0v) is 12.6. The molecule has 2 bridgehead atoms. The van der Waals surface area contributed by atoms with Crippen molar-refractivity contribution in [1.29, 1.82) is 0 Å². The van der Waals surface area contributed by atoms with Gasteiger partial charge in [0, 0.05) is 6.20 Å². The fourth-order valence-electron chi connectivity index (χ4n) is 4.19. The Bertz CT molecular complexity index is 645. The molecule has 0 aliphatic carbocycles. The lowest BCUT2D eigenvalue weighted by molar-refractivity contribution is -0.132. The Morgan fingerprint density at radius 1 is 1.19 bits per heavy atom. The van der Waals surface area contributed by atoms with Gasteiger partial charge in [0.2, 0.25) is 11.8 Å². The molecule has 0 radical (unpaired) electrons. The van der Waals surface area contributed by atoms with E-state index in [4.69, 9.17) is 16.3 Å². The van der Waals surface area contributed by atoms with Gasteiger partial charge in [0.25, 0.3) is 0 Å². The highest BCUT2D eigenvalue weighted by atomic mass is 35.5. The summed E-state index contributed by atoms with van der Waals surface area (Å²) in [6.07, 6.45) is 4.28. The van der Waals surface area contributed by atoms with Crippen LogP contribution in [0.25, 0.3) is 0 Å². The van der Waals surface area contributed by atoms with Crippen LogP contribution in [0.2, 0.25) is 5.02 Å². The predicted octanol–water partition coefficient (Wildman–Crippen LogP) is 2.18. The summed E-state index contributed by atoms with van der Waals surface area (Å²) >= 11 is 5.94. The lowest BCUT2D eigenvalue weighted by Crippen LogP contribution is -2.48. The van der Waals surface area contributed by atoms with Gasteiger partial charge in [-0.05, 0) is 32.8 Å². The zero-order chi connectivity index (χ0) is 15.0. The van der Waals surface area contributed by atoms with E-state index < -0.39 is 10.8 Å². The summed E-state index contributed by atoms with van der Waals surface area (Å²) in [6.45, 7) is 3.71. The number of imide groups is 1. The molecule has 2 amide bonds. The van der Waals surface area contributed by atoms with E-state index in [9.17, 15) is 9.59 Å². The van der Waals surface area contributed by atoms with Crippen LogP contribution in [-0.2, 0) is 14.3 Å². The number of halogens is 1. The Morgan fingerprint density at radius 3 is 2.29 bits per heavy atom. The van der Waals surface area contributed by atoms with Gasteiger partial charge in [-0.25, -0.2) is 4.90 Å². The smallest absolute Gasteiger partial charge is 0.243 e. The van der Waals surface area contributed by atoms with Crippen molar-refractivity contribution in [3.63, 3.8) is 0 Å². The second-order valence-electron chi connectivity index (χ2n) is 6.40. The third-order valence-corrected chi connectivity index (χ3v) is 5.84. The van der Waals surface area contributed by atoms with E-state index in [0.29, 0.717) is 10.7 Å². The molecule has 3 fully saturated rings. The standard InChI is InChI=1S/C15H15ClN2O3/c1-14-10-3-4-11(21-10)15(14,2)13(20)18(12(14)19)9-5-8(16)6-17-7-9/h5-7,10-11H,3-4H2,1-2H3/t10-,11+,14+,15-. The molecular weight excluding hydrogens is 292 g/mol. The highest BCUT2D eigenvalue weighted by molar-refractivity contribution is 6.31. The summed E-state index contributed by atoms with van der Waals surface area (Å²) in [6, 6.07) is 1.60. The fourth-order valence-corrected chi connectivity index (χ4v) is 4.36. The molecule has 6 heteroatoms. The number of hydrogen-bond donors (Lipinski definition) is 0. The van der Waals surface area contributed by atoms with Gasteiger partial charge in [-0.3, -0.25) is 14.6 Å². The minimum Gasteiger partial charge on any atom is -0.373 e. The summed E-state index contributed by atoms with van der Waals surface area (Å²) in [5.74, 6) is -0.405. The molecule has 0 N–H and O–H groups in total. The van der Waals surface area contributed by atoms with Gasteiger partial charge in [-0.2, -0.15) is 0 Å². The normalized spacial score (nSPS) is 41.0. The second-order valence-corrected chi connectivity index (χ2v) is 6.84. The minimum absolute atomic E-state index is 0.180. The molecular formula is C15H15ClN2O3. The first kappa shape index (κ1) is 13.2. The van der Waals surface area contributed by atoms with Crippen LogP contribution in [0, 0.1) is 10.8 Å². The maximum atomic E-state index is 13.0. The Hall–Kier alpha value is -1.46. The molecule has 21 heavy (non-hydrogen) atoms. The van der Waals surface area contributed by atoms with Crippen molar-refractivity contribution in [2.45, 2.75) is 38.9 Å². The summed E-state index contributed by atoms with van der Waals surface area (Å²) in [5, 5.41) is 0.402. The average molecular weight is 307 g/mol. The van der Waals surface area contributed by atoms with Crippen LogP contribution in [0.3, 0.4) is 0 Å². The molecule has 5 nitrogen and oxygen atoms in total. The Kier molecular flexibility index (Phi) is 2.42. The van der Waals surface area contributed by atoms with Crippen molar-refractivity contribution in [2.75, 3.05) is 4.90 Å². The summed E-state index contributed by atoms with van der Waals surface area (Å²) in [5.41, 5.74) is -1.15. The number of aromatic nitrogens is 1. The SMILES string of the molecule is C[C@@]12C(=O)N(c3cncc(Cl)c3)C(=O)[C@]1(C)[C@H]1CC[C@@H]2O1. The monoisotopic (exact) mass is 306 g/mol. The van der Waals surface area contributed by atoms with Gasteiger partial charge >= 0.3 is 0 Å². The van der Waals surface area contributed by atoms with Gasteiger partial charge in [-0.15, -0.1) is 0 Å². The maximum Gasteiger partial charge on any atom is 0.243 e. The van der Waals surface area contributed by atoms with Crippen LogP contribution in [0.5, 0.6) is 0 Å². The highest BCUT2D eigenvalue weighted by Gasteiger charge is 2.77. The number of carbonyl (C=O) groups is 2. The summed E-state index contributed by atoms with van der Waals surface area (Å²) in [7, 11) is 0. The van der Waals surface area contributed by atoms with Gasteiger partial charge in [0.15, 0.2) is 0 Å². The van der Waals surface area contributed by atoms with Crippen LogP contribution in [-0.4, -0.2) is 29.0 Å². The quantitative estimate of drug-likeness (QED) is 0.746. The molecule has 3 saturated heterocycles. The van der Waals surface area contributed by atoms with Crippen LogP contribution >= 0.6 is 11.6 Å². The summed E-state index contributed by atoms with van der Waals surface area (Å²) < 4.78 is 5.88. The van der Waals surface area contributed by atoms with Gasteiger partial charge in [0.05, 0.1) is 39.9 Å². The van der Waals surface area contributed by atoms with Crippen molar-refractivity contribution >= 4 is 29.1 Å². The number of anilines is 1. The summed E-state index contributed by atoms with van der Waals surface area (Å²) in [4.78, 5) is 31.2. The molecule has 1 aromatic heterocycles. The number of pyridine rings is 1. The van der Waals surface area contributed by atoms with Crippen LogP contribution < -0.4 is 4.90 Å². The van der Waals surface area contributed by atoms with E-state index in [1.165, 1.54) is 17.3 Å². The number of amides is 2. The molecule has 0 spiro atoms. The molecule has 0 saturated carbocycles. The number of hydrogen-bond acceptors (Lipinski definition) is 4. The van der Waals surface area contributed by atoms with Gasteiger partial charge in [-0.1, -0.05) is 11.6 Å². The molecule has 3 aliphatic heterocycles. The lowest BCUT2D eigenvalue weighted by atomic mass is 9.59. The van der Waals surface area contributed by atoms with Crippen molar-refractivity contribution < 1.29 is 14.3 Å². The molecule has 0 unspecified atom stereocenters. The third kappa shape index (κ3) is 1.30. The molecule has 1 aromatic rings. The van der Waals surface area contributed by atoms with Crippen LogP contribution in [0.15, 0.2) is 18.5 Å². The zero-order valence-electron chi connectivity index (χ0n) is 11.8. The van der Waals surface area contributed by atoms with E-state index >= 15 is 0 Å². The number of carbonyl (C=O) groups excluding carboxylic acids is 2. The Morgan fingerprint density at radius 2 is 1.76 bits per heavy atom. The molecule has 4 rings (SSSR count). The van der Waals surface area contributed by atoms with Gasteiger partial charge in [0.1, 0.15) is 0 Å². The van der Waals surface area contributed by atoms with E-state index in [1.807, 2.05) is 13.8 Å². The lowest BCUT2D eigenvalue weighted by Gasteiger charge is -2.36. The predicted molar refractivity (Wildman–Crippen MR) is 75.8 cm³/mol. The van der Waals surface area contributed by atoms with Crippen molar-refractivity contribution in [3.05, 3.63) is 23.5 Å². The molecule has 0 aromatic carbocycles. The van der Waals surface area contributed by atoms with Crippen LogP contribution in [0.1, 0.15) is 26.7 Å². The van der Waals surface area contributed by atoms with E-state index in [2.05, 4.69) is 4.98 Å². The molecule has 4 heterocycles. The number of nitrogens with zero attached hydrogens (tertiary/aromatic N) is 2. The molecule has 4 atom stereocenters. The first-order chi connectivity index (χ1) is 9.90. The number of ether oxygens (including phenoxy) is 1. The van der Waals surface area contributed by atoms with Crippen molar-refractivity contribution in [3.8, 4) is 0 Å². The Balaban J connectivity index is 1.87. The van der Waals surface area contributed by atoms with E-state index in [0.717, 1.165) is 12.8 Å². The maximum absolute atomic E-state index is 13.0. The van der Waals surface area contributed by atoms with E-state index in [1.54, 1.807) is 6.07 Å². The average Bonchev–Trinajstić information content (AvgIpc) is 3.05. The topological polar surface area (TPSA) is 59.5 Å².